The van der Waals surface area contributed by atoms with Crippen molar-refractivity contribution in [1.82, 2.24) is 9.78 Å². The first kappa shape index (κ1) is 17.3. The summed E-state index contributed by atoms with van der Waals surface area (Å²) in [6, 6.07) is 20.1. The number of benzene rings is 2. The Hall–Kier alpha value is -2.53. The first-order chi connectivity index (χ1) is 12.1. The Morgan fingerprint density at radius 1 is 1.08 bits per heavy atom. The van der Waals surface area contributed by atoms with Crippen LogP contribution in [0.15, 0.2) is 60.7 Å². The number of anilines is 1. The van der Waals surface area contributed by atoms with Crippen molar-refractivity contribution in [3.8, 4) is 5.69 Å². The van der Waals surface area contributed by atoms with E-state index in [2.05, 4.69) is 22.5 Å². The van der Waals surface area contributed by atoms with Gasteiger partial charge in [0.1, 0.15) is 5.82 Å². The number of aryl methyl sites for hydroxylation is 2. The fourth-order valence-electron chi connectivity index (χ4n) is 2.49. The number of thioether (sulfide) groups is 1. The van der Waals surface area contributed by atoms with Gasteiger partial charge in [-0.2, -0.15) is 5.10 Å². The first-order valence-electron chi connectivity index (χ1n) is 8.17. The van der Waals surface area contributed by atoms with Crippen molar-refractivity contribution in [1.29, 1.82) is 0 Å². The zero-order valence-electron chi connectivity index (χ0n) is 14.4. The van der Waals surface area contributed by atoms with E-state index in [1.54, 1.807) is 16.4 Å². The molecule has 0 spiro atoms. The lowest BCUT2D eigenvalue weighted by molar-refractivity contribution is -0.113. The van der Waals surface area contributed by atoms with Crippen LogP contribution in [0.3, 0.4) is 0 Å². The number of nitrogens with zero attached hydrogens (tertiary/aromatic N) is 2. The lowest BCUT2D eigenvalue weighted by atomic mass is 10.2. The molecule has 1 aromatic heterocycles. The average molecular weight is 351 g/mol. The van der Waals surface area contributed by atoms with Crippen LogP contribution >= 0.6 is 11.8 Å². The number of hydrogen-bond donors (Lipinski definition) is 1. The molecule has 0 fully saturated rings. The molecule has 0 saturated carbocycles. The van der Waals surface area contributed by atoms with Crippen molar-refractivity contribution in [2.75, 3.05) is 11.1 Å². The van der Waals surface area contributed by atoms with Crippen LogP contribution in [0.25, 0.3) is 5.69 Å². The van der Waals surface area contributed by atoms with Crippen molar-refractivity contribution in [3.05, 3.63) is 77.5 Å². The number of hydrogen-bond acceptors (Lipinski definition) is 3. The molecule has 1 heterocycles. The Balaban J connectivity index is 1.62. The van der Waals surface area contributed by atoms with Gasteiger partial charge in [0.2, 0.25) is 5.91 Å². The summed E-state index contributed by atoms with van der Waals surface area (Å²) in [5.41, 5.74) is 4.22. The Morgan fingerprint density at radius 3 is 2.52 bits per heavy atom. The zero-order chi connectivity index (χ0) is 17.6. The molecule has 0 aliphatic heterocycles. The molecule has 0 aliphatic carbocycles. The number of nitrogens with one attached hydrogen (secondary N) is 1. The van der Waals surface area contributed by atoms with E-state index in [4.69, 9.17) is 0 Å². The van der Waals surface area contributed by atoms with E-state index >= 15 is 0 Å². The second-order valence-electron chi connectivity index (χ2n) is 5.94. The molecular weight excluding hydrogens is 330 g/mol. The van der Waals surface area contributed by atoms with E-state index in [1.165, 1.54) is 11.1 Å². The van der Waals surface area contributed by atoms with Crippen LogP contribution in [0.4, 0.5) is 5.82 Å². The van der Waals surface area contributed by atoms with Gasteiger partial charge in [-0.1, -0.05) is 48.0 Å². The van der Waals surface area contributed by atoms with Crippen LogP contribution in [0.1, 0.15) is 16.8 Å². The molecule has 0 bridgehead atoms. The van der Waals surface area contributed by atoms with Crippen molar-refractivity contribution in [2.24, 2.45) is 0 Å². The highest BCUT2D eigenvalue weighted by Crippen LogP contribution is 2.18. The highest BCUT2D eigenvalue weighted by Gasteiger charge is 2.11. The highest BCUT2D eigenvalue weighted by molar-refractivity contribution is 7.99. The highest BCUT2D eigenvalue weighted by atomic mass is 32.2. The number of rotatable bonds is 6. The molecule has 0 unspecified atom stereocenters. The van der Waals surface area contributed by atoms with Crippen molar-refractivity contribution in [2.45, 2.75) is 19.6 Å². The second kappa shape index (κ2) is 8.03. The normalized spacial score (nSPS) is 10.6. The fraction of sp³-hybridized carbons (Fsp3) is 0.200. The van der Waals surface area contributed by atoms with E-state index in [1.807, 2.05) is 62.4 Å². The summed E-state index contributed by atoms with van der Waals surface area (Å²) in [7, 11) is 0. The summed E-state index contributed by atoms with van der Waals surface area (Å²) in [6.07, 6.45) is 0. The summed E-state index contributed by atoms with van der Waals surface area (Å²) in [4.78, 5) is 12.3. The number of carbonyl (C=O) groups is 1. The van der Waals surface area contributed by atoms with E-state index in [9.17, 15) is 4.79 Å². The Kier molecular flexibility index (Phi) is 5.56. The van der Waals surface area contributed by atoms with Crippen LogP contribution in [-0.2, 0) is 10.5 Å². The molecule has 25 heavy (non-hydrogen) atoms. The predicted octanol–water partition coefficient (Wildman–Crippen LogP) is 4.36. The van der Waals surface area contributed by atoms with Gasteiger partial charge in [-0.05, 0) is 31.5 Å². The summed E-state index contributed by atoms with van der Waals surface area (Å²) in [6.45, 7) is 3.97. The Labute approximate surface area is 152 Å². The smallest absolute Gasteiger partial charge is 0.235 e. The van der Waals surface area contributed by atoms with Crippen molar-refractivity contribution in [3.63, 3.8) is 0 Å². The van der Waals surface area contributed by atoms with Gasteiger partial charge in [-0.3, -0.25) is 4.79 Å². The van der Waals surface area contributed by atoms with Crippen molar-refractivity contribution >= 4 is 23.5 Å². The third-order valence-corrected chi connectivity index (χ3v) is 4.73. The summed E-state index contributed by atoms with van der Waals surface area (Å²) >= 11 is 1.60. The molecule has 0 saturated heterocycles. The molecule has 2 aromatic carbocycles. The third-order valence-electron chi connectivity index (χ3n) is 3.72. The quantitative estimate of drug-likeness (QED) is 0.718. The minimum atomic E-state index is -0.0193. The lowest BCUT2D eigenvalue weighted by Gasteiger charge is -2.09. The van der Waals surface area contributed by atoms with Crippen molar-refractivity contribution < 1.29 is 4.79 Å². The van der Waals surface area contributed by atoms with Gasteiger partial charge in [-0.25, -0.2) is 4.68 Å². The molecule has 1 amide bonds. The van der Waals surface area contributed by atoms with Gasteiger partial charge in [0, 0.05) is 11.8 Å². The van der Waals surface area contributed by atoms with Gasteiger partial charge < -0.3 is 5.32 Å². The van der Waals surface area contributed by atoms with E-state index in [-0.39, 0.29) is 5.91 Å². The van der Waals surface area contributed by atoms with Crippen LogP contribution in [-0.4, -0.2) is 21.4 Å². The SMILES string of the molecule is Cc1ccc(-n2nc(C)cc2NC(=O)CSCc2ccccc2)cc1. The molecule has 3 rings (SSSR count). The topological polar surface area (TPSA) is 46.9 Å². The number of amides is 1. The Bertz CT molecular complexity index is 841. The van der Waals surface area contributed by atoms with Crippen LogP contribution < -0.4 is 5.32 Å². The second-order valence-corrected chi connectivity index (χ2v) is 6.93. The van der Waals surface area contributed by atoms with Crippen LogP contribution in [0.2, 0.25) is 0 Å². The standard InChI is InChI=1S/C20H21N3OS/c1-15-8-10-18(11-9-15)23-19(12-16(2)22-23)21-20(24)14-25-13-17-6-4-3-5-7-17/h3-12H,13-14H2,1-2H3,(H,21,24). The van der Waals surface area contributed by atoms with E-state index in [0.717, 1.165) is 17.1 Å². The summed E-state index contributed by atoms with van der Waals surface area (Å²) in [5, 5.41) is 7.46. The maximum absolute atomic E-state index is 12.3. The maximum Gasteiger partial charge on any atom is 0.235 e. The summed E-state index contributed by atoms with van der Waals surface area (Å²) in [5.74, 6) is 1.92. The minimum absolute atomic E-state index is 0.0193. The predicted molar refractivity (Wildman–Crippen MR) is 104 cm³/mol. The zero-order valence-corrected chi connectivity index (χ0v) is 15.2. The minimum Gasteiger partial charge on any atom is -0.310 e. The van der Waals surface area contributed by atoms with Gasteiger partial charge in [0.25, 0.3) is 0 Å². The molecule has 0 aliphatic rings. The lowest BCUT2D eigenvalue weighted by Crippen LogP contribution is -2.17. The van der Waals surface area contributed by atoms with Gasteiger partial charge >= 0.3 is 0 Å². The van der Waals surface area contributed by atoms with E-state index in [0.29, 0.717) is 11.6 Å². The first-order valence-corrected chi connectivity index (χ1v) is 9.32. The van der Waals surface area contributed by atoms with E-state index < -0.39 is 0 Å². The van der Waals surface area contributed by atoms with Crippen LogP contribution in [0, 0.1) is 13.8 Å². The number of carbonyl (C=O) groups excluding carboxylic acids is 1. The molecule has 5 heteroatoms. The molecule has 0 radical (unpaired) electrons. The van der Waals surface area contributed by atoms with Gasteiger partial charge in [0.15, 0.2) is 0 Å². The average Bonchev–Trinajstić information content (AvgIpc) is 2.97. The molecule has 4 nitrogen and oxygen atoms in total. The largest absolute Gasteiger partial charge is 0.310 e. The fourth-order valence-corrected chi connectivity index (χ4v) is 3.27. The molecule has 1 N–H and O–H groups in total. The third kappa shape index (κ3) is 4.73. The Morgan fingerprint density at radius 2 is 1.80 bits per heavy atom. The maximum atomic E-state index is 12.3. The van der Waals surface area contributed by atoms with Crippen LogP contribution in [0.5, 0.6) is 0 Å². The summed E-state index contributed by atoms with van der Waals surface area (Å²) < 4.78 is 1.77. The van der Waals surface area contributed by atoms with Gasteiger partial charge in [0.05, 0.1) is 17.1 Å². The molecule has 0 atom stereocenters. The molecule has 128 valence electrons. The van der Waals surface area contributed by atoms with Gasteiger partial charge in [-0.15, -0.1) is 11.8 Å². The monoisotopic (exact) mass is 351 g/mol. The molecular formula is C20H21N3OS. The molecule has 3 aromatic rings. The number of aromatic nitrogens is 2.